The molecule has 162 valence electrons. The van der Waals surface area contributed by atoms with Crippen molar-refractivity contribution < 1.29 is 14.3 Å². The fraction of sp³-hybridized carbons (Fsp3) is 0.154. The summed E-state index contributed by atoms with van der Waals surface area (Å²) in [5.41, 5.74) is 5.77. The van der Waals surface area contributed by atoms with Gasteiger partial charge in [-0.2, -0.15) is 0 Å². The molecule has 6 heteroatoms. The molecule has 0 atom stereocenters. The number of aryl methyl sites for hydroxylation is 1. The molecule has 1 amide bonds. The monoisotopic (exact) mass is 490 g/mol. The number of carbonyl (C=O) groups is 2. The Morgan fingerprint density at radius 1 is 0.969 bits per heavy atom. The molecular weight excluding hydrogens is 468 g/mol. The zero-order valence-corrected chi connectivity index (χ0v) is 19.9. The third-order valence-electron chi connectivity index (χ3n) is 5.64. The van der Waals surface area contributed by atoms with E-state index >= 15 is 0 Å². The lowest BCUT2D eigenvalue weighted by Crippen LogP contribution is -2.24. The summed E-state index contributed by atoms with van der Waals surface area (Å²) in [5.74, 6) is -0.790. The molecule has 0 radical (unpaired) electrons. The molecule has 4 rings (SSSR count). The lowest BCUT2D eigenvalue weighted by molar-refractivity contribution is -0.136. The van der Waals surface area contributed by atoms with Gasteiger partial charge in [-0.25, -0.2) is 4.79 Å². The average Bonchev–Trinajstić information content (AvgIpc) is 3.19. The number of nitrogens with zero attached hydrogens (tertiary/aromatic N) is 2. The van der Waals surface area contributed by atoms with Crippen LogP contribution in [0.5, 0.6) is 0 Å². The number of hydrogen-bond acceptors (Lipinski definition) is 3. The summed E-state index contributed by atoms with van der Waals surface area (Å²) in [6.07, 6.45) is 1.79. The molecule has 0 unspecified atom stereocenters. The zero-order chi connectivity index (χ0) is 23.0. The van der Waals surface area contributed by atoms with Crippen molar-refractivity contribution >= 4 is 39.6 Å². The van der Waals surface area contributed by atoms with E-state index in [1.54, 1.807) is 17.9 Å². The van der Waals surface area contributed by atoms with E-state index in [-0.39, 0.29) is 11.5 Å². The molecule has 5 nitrogen and oxygen atoms in total. The molecule has 0 aliphatic carbocycles. The largest absolute Gasteiger partial charge is 0.465 e. The summed E-state index contributed by atoms with van der Waals surface area (Å²) in [7, 11) is 1.33. The van der Waals surface area contributed by atoms with Gasteiger partial charge >= 0.3 is 5.97 Å². The first-order chi connectivity index (χ1) is 15.3. The molecule has 0 N–H and O–H groups in total. The number of halogens is 1. The van der Waals surface area contributed by atoms with E-state index in [0.29, 0.717) is 17.0 Å². The minimum atomic E-state index is -0.531. The number of aromatic nitrogens is 1. The molecule has 0 saturated heterocycles. The van der Waals surface area contributed by atoms with Crippen LogP contribution in [0.3, 0.4) is 0 Å². The van der Waals surface area contributed by atoms with Gasteiger partial charge in [-0.3, -0.25) is 9.69 Å². The summed E-state index contributed by atoms with van der Waals surface area (Å²) in [6.45, 7) is 5.79. The second-order valence-corrected chi connectivity index (χ2v) is 8.54. The molecular formula is C26H23BrN2O3. The highest BCUT2D eigenvalue weighted by Gasteiger charge is 2.38. The van der Waals surface area contributed by atoms with Crippen LogP contribution in [-0.4, -0.2) is 23.6 Å². The average molecular weight is 491 g/mol. The van der Waals surface area contributed by atoms with Crippen LogP contribution in [0.4, 0.5) is 5.69 Å². The first-order valence-corrected chi connectivity index (χ1v) is 11.0. The topological polar surface area (TPSA) is 51.5 Å². The third-order valence-corrected chi connectivity index (χ3v) is 6.13. The fourth-order valence-corrected chi connectivity index (χ4v) is 4.56. The van der Waals surface area contributed by atoms with Crippen LogP contribution in [0.2, 0.25) is 0 Å². The van der Waals surface area contributed by atoms with Gasteiger partial charge in [0.05, 0.1) is 23.9 Å². The summed E-state index contributed by atoms with van der Waals surface area (Å²) < 4.78 is 8.00. The van der Waals surface area contributed by atoms with Gasteiger partial charge in [0, 0.05) is 27.2 Å². The van der Waals surface area contributed by atoms with Gasteiger partial charge in [0.2, 0.25) is 0 Å². The zero-order valence-electron chi connectivity index (χ0n) is 18.3. The number of anilines is 1. The second kappa shape index (κ2) is 8.63. The van der Waals surface area contributed by atoms with Crippen molar-refractivity contribution in [1.82, 2.24) is 4.57 Å². The van der Waals surface area contributed by atoms with E-state index in [2.05, 4.69) is 20.5 Å². The maximum absolute atomic E-state index is 13.5. The quantitative estimate of drug-likeness (QED) is 0.346. The molecule has 0 bridgehead atoms. The highest BCUT2D eigenvalue weighted by molar-refractivity contribution is 9.10. The number of methoxy groups -OCH3 is 1. The smallest absolute Gasteiger partial charge is 0.340 e. The summed E-state index contributed by atoms with van der Waals surface area (Å²) in [5, 5.41) is 0. The van der Waals surface area contributed by atoms with Crippen molar-refractivity contribution in [3.8, 4) is 5.69 Å². The number of benzene rings is 2. The second-order valence-electron chi connectivity index (χ2n) is 7.63. The first kappa shape index (κ1) is 21.8. The molecule has 0 fully saturated rings. The van der Waals surface area contributed by atoms with Gasteiger partial charge in [-0.05, 0) is 68.8 Å². The van der Waals surface area contributed by atoms with Crippen molar-refractivity contribution in [1.29, 1.82) is 0 Å². The van der Waals surface area contributed by atoms with Gasteiger partial charge in [0.25, 0.3) is 5.91 Å². The molecule has 2 heterocycles. The highest BCUT2D eigenvalue weighted by Crippen LogP contribution is 2.37. The van der Waals surface area contributed by atoms with Crippen molar-refractivity contribution in [2.45, 2.75) is 20.8 Å². The molecule has 3 aromatic rings. The Labute approximate surface area is 195 Å². The highest BCUT2D eigenvalue weighted by atomic mass is 79.9. The number of amides is 1. The number of hydrogen-bond donors (Lipinski definition) is 0. The molecule has 0 spiro atoms. The number of para-hydroxylation sites is 1. The minimum Gasteiger partial charge on any atom is -0.465 e. The van der Waals surface area contributed by atoms with E-state index < -0.39 is 5.97 Å². The van der Waals surface area contributed by atoms with Crippen LogP contribution in [0.25, 0.3) is 11.8 Å². The van der Waals surface area contributed by atoms with Crippen molar-refractivity contribution in [3.63, 3.8) is 0 Å². The standard InChI is InChI=1S/C26H23BrN2O3/c1-16-13-19(17(2)28(16)21-10-6-5-7-11-21)14-23-24(26(31)32-4)18(3)29(25(23)30)22-12-8-9-20(27)15-22/h5-15H,1-4H3. The predicted octanol–water partition coefficient (Wildman–Crippen LogP) is 5.73. The Morgan fingerprint density at radius 2 is 1.66 bits per heavy atom. The van der Waals surface area contributed by atoms with Gasteiger partial charge in [-0.15, -0.1) is 0 Å². The summed E-state index contributed by atoms with van der Waals surface area (Å²) in [4.78, 5) is 27.8. The summed E-state index contributed by atoms with van der Waals surface area (Å²) in [6, 6.07) is 19.5. The van der Waals surface area contributed by atoms with Crippen LogP contribution in [-0.2, 0) is 14.3 Å². The maximum Gasteiger partial charge on any atom is 0.340 e. The number of rotatable bonds is 4. The molecule has 2 aromatic carbocycles. The van der Waals surface area contributed by atoms with Crippen LogP contribution in [0, 0.1) is 13.8 Å². The van der Waals surface area contributed by atoms with Crippen LogP contribution < -0.4 is 4.90 Å². The Balaban J connectivity index is 1.86. The molecule has 1 aliphatic rings. The van der Waals surface area contributed by atoms with Gasteiger partial charge < -0.3 is 9.30 Å². The Hall–Kier alpha value is -3.38. The van der Waals surface area contributed by atoms with Crippen LogP contribution in [0.1, 0.15) is 23.9 Å². The number of carbonyl (C=O) groups excluding carboxylic acids is 2. The number of allylic oxidation sites excluding steroid dienone is 1. The number of esters is 1. The maximum atomic E-state index is 13.5. The molecule has 32 heavy (non-hydrogen) atoms. The Morgan fingerprint density at radius 3 is 2.31 bits per heavy atom. The number of ether oxygens (including phenoxy) is 1. The van der Waals surface area contributed by atoms with E-state index in [0.717, 1.165) is 27.1 Å². The van der Waals surface area contributed by atoms with E-state index in [9.17, 15) is 9.59 Å². The van der Waals surface area contributed by atoms with Gasteiger partial charge in [0.1, 0.15) is 0 Å². The van der Waals surface area contributed by atoms with Crippen LogP contribution >= 0.6 is 15.9 Å². The minimum absolute atomic E-state index is 0.259. The predicted molar refractivity (Wildman–Crippen MR) is 130 cm³/mol. The SMILES string of the molecule is COC(=O)C1=C(C)N(c2cccc(Br)c2)C(=O)C1=Cc1cc(C)n(-c2ccccc2)c1C. The lowest BCUT2D eigenvalue weighted by Gasteiger charge is -2.18. The summed E-state index contributed by atoms with van der Waals surface area (Å²) >= 11 is 3.46. The van der Waals surface area contributed by atoms with Crippen molar-refractivity contribution in [2.75, 3.05) is 12.0 Å². The van der Waals surface area contributed by atoms with E-state index in [1.807, 2.05) is 74.5 Å². The molecule has 1 aromatic heterocycles. The fourth-order valence-electron chi connectivity index (χ4n) is 4.17. The van der Waals surface area contributed by atoms with E-state index in [4.69, 9.17) is 4.74 Å². The van der Waals surface area contributed by atoms with Gasteiger partial charge in [0.15, 0.2) is 0 Å². The normalized spacial score (nSPS) is 15.1. The third kappa shape index (κ3) is 3.71. The molecule has 1 aliphatic heterocycles. The Bertz CT molecular complexity index is 1290. The van der Waals surface area contributed by atoms with E-state index in [1.165, 1.54) is 7.11 Å². The van der Waals surface area contributed by atoms with Crippen molar-refractivity contribution in [3.05, 3.63) is 98.9 Å². The van der Waals surface area contributed by atoms with Crippen LogP contribution in [0.15, 0.2) is 82.0 Å². The first-order valence-electron chi connectivity index (χ1n) is 10.2. The molecule has 0 saturated carbocycles. The lowest BCUT2D eigenvalue weighted by atomic mass is 10.0. The Kier molecular flexibility index (Phi) is 5.89. The van der Waals surface area contributed by atoms with Crippen molar-refractivity contribution in [2.24, 2.45) is 0 Å². The van der Waals surface area contributed by atoms with Gasteiger partial charge in [-0.1, -0.05) is 40.2 Å².